The highest BCUT2D eigenvalue weighted by molar-refractivity contribution is 7.89. The average Bonchev–Trinajstić information content (AvgIpc) is 2.82. The fourth-order valence-electron chi connectivity index (χ4n) is 3.57. The number of piperazine rings is 1. The van der Waals surface area contributed by atoms with Gasteiger partial charge in [-0.1, -0.05) is 17.7 Å². The predicted octanol–water partition coefficient (Wildman–Crippen LogP) is 4.38. The van der Waals surface area contributed by atoms with E-state index in [1.54, 1.807) is 12.1 Å². The second kappa shape index (κ2) is 9.46. The van der Waals surface area contributed by atoms with Crippen LogP contribution in [0.25, 0.3) is 0 Å². The molecule has 1 N–H and O–H groups in total. The van der Waals surface area contributed by atoms with Crippen molar-refractivity contribution in [3.63, 3.8) is 0 Å². The van der Waals surface area contributed by atoms with E-state index in [-0.39, 0.29) is 40.1 Å². The van der Waals surface area contributed by atoms with Gasteiger partial charge in [-0.05, 0) is 60.7 Å². The van der Waals surface area contributed by atoms with Crippen molar-refractivity contribution in [2.45, 2.75) is 4.90 Å². The van der Waals surface area contributed by atoms with Crippen LogP contribution < -0.4 is 10.2 Å². The zero-order chi connectivity index (χ0) is 23.6. The molecule has 33 heavy (non-hydrogen) atoms. The third kappa shape index (κ3) is 5.16. The number of nitrogens with one attached hydrogen (secondary N) is 1. The zero-order valence-electron chi connectivity index (χ0n) is 17.3. The number of benzene rings is 3. The van der Waals surface area contributed by atoms with Crippen LogP contribution in [0.15, 0.2) is 71.6 Å². The van der Waals surface area contributed by atoms with Crippen molar-refractivity contribution in [3.8, 4) is 0 Å². The van der Waals surface area contributed by atoms with Crippen LogP contribution >= 0.6 is 11.6 Å². The van der Waals surface area contributed by atoms with Gasteiger partial charge in [0.2, 0.25) is 10.0 Å². The Morgan fingerprint density at radius 3 is 2.30 bits per heavy atom. The summed E-state index contributed by atoms with van der Waals surface area (Å²) in [7, 11) is -3.85. The molecule has 0 saturated carbocycles. The van der Waals surface area contributed by atoms with Gasteiger partial charge in [-0.25, -0.2) is 17.2 Å². The topological polar surface area (TPSA) is 69.7 Å². The molecule has 6 nitrogen and oxygen atoms in total. The molecule has 3 aromatic rings. The van der Waals surface area contributed by atoms with E-state index >= 15 is 0 Å². The maximum absolute atomic E-state index is 13.9. The standard InChI is InChI=1S/C23H20ClF2N3O3S/c24-17-4-9-21(26)22(15-17)27-23(30)16-2-1-3-20(14-16)33(31,32)29-12-10-28(11-13-29)19-7-5-18(25)6-8-19/h1-9,14-15H,10-13H2,(H,27,30). The van der Waals surface area contributed by atoms with E-state index in [1.165, 1.54) is 52.8 Å². The van der Waals surface area contributed by atoms with Gasteiger partial charge in [-0.2, -0.15) is 4.31 Å². The molecule has 0 aliphatic carbocycles. The van der Waals surface area contributed by atoms with Crippen molar-refractivity contribution in [2.24, 2.45) is 0 Å². The molecule has 1 saturated heterocycles. The molecule has 0 radical (unpaired) electrons. The number of rotatable bonds is 5. The number of halogens is 3. The lowest BCUT2D eigenvalue weighted by molar-refractivity contribution is 0.102. The third-order valence-corrected chi connectivity index (χ3v) is 7.47. The molecule has 1 heterocycles. The number of hydrogen-bond acceptors (Lipinski definition) is 4. The molecule has 0 aromatic heterocycles. The minimum Gasteiger partial charge on any atom is -0.369 e. The molecule has 1 aliphatic rings. The van der Waals surface area contributed by atoms with Gasteiger partial charge in [0, 0.05) is 42.5 Å². The minimum absolute atomic E-state index is 0.0306. The summed E-state index contributed by atoms with van der Waals surface area (Å²) in [4.78, 5) is 14.5. The first-order valence-electron chi connectivity index (χ1n) is 10.1. The molecule has 1 amide bonds. The highest BCUT2D eigenvalue weighted by Crippen LogP contribution is 2.24. The van der Waals surface area contributed by atoms with Gasteiger partial charge in [-0.3, -0.25) is 4.79 Å². The molecule has 4 rings (SSSR count). The van der Waals surface area contributed by atoms with Crippen molar-refractivity contribution in [1.29, 1.82) is 0 Å². The number of nitrogens with zero attached hydrogens (tertiary/aromatic N) is 2. The first kappa shape index (κ1) is 23.2. The lowest BCUT2D eigenvalue weighted by Gasteiger charge is -2.35. The average molecular weight is 492 g/mol. The normalized spacial score (nSPS) is 14.8. The molecule has 0 spiro atoms. The Balaban J connectivity index is 1.47. The predicted molar refractivity (Wildman–Crippen MR) is 123 cm³/mol. The van der Waals surface area contributed by atoms with Crippen LogP contribution in [-0.4, -0.2) is 44.8 Å². The van der Waals surface area contributed by atoms with E-state index in [2.05, 4.69) is 5.32 Å². The molecular formula is C23H20ClF2N3O3S. The number of amides is 1. The Bertz CT molecular complexity index is 1280. The summed E-state index contributed by atoms with van der Waals surface area (Å²) >= 11 is 5.85. The Morgan fingerprint density at radius 2 is 1.61 bits per heavy atom. The van der Waals surface area contributed by atoms with E-state index in [4.69, 9.17) is 11.6 Å². The molecule has 10 heteroatoms. The van der Waals surface area contributed by atoms with Crippen molar-refractivity contribution in [3.05, 3.63) is 89.0 Å². The smallest absolute Gasteiger partial charge is 0.255 e. The first-order chi connectivity index (χ1) is 15.7. The first-order valence-corrected chi connectivity index (χ1v) is 11.9. The van der Waals surface area contributed by atoms with Gasteiger partial charge in [0.25, 0.3) is 5.91 Å². The van der Waals surface area contributed by atoms with Crippen LogP contribution in [0.3, 0.4) is 0 Å². The van der Waals surface area contributed by atoms with Crippen LogP contribution in [0.5, 0.6) is 0 Å². The van der Waals surface area contributed by atoms with Crippen LogP contribution in [0.1, 0.15) is 10.4 Å². The van der Waals surface area contributed by atoms with Crippen LogP contribution in [-0.2, 0) is 10.0 Å². The minimum atomic E-state index is -3.85. The van der Waals surface area contributed by atoms with Gasteiger partial charge in [-0.15, -0.1) is 0 Å². The Labute approximate surface area is 195 Å². The SMILES string of the molecule is O=C(Nc1cc(Cl)ccc1F)c1cccc(S(=O)(=O)N2CCN(c3ccc(F)cc3)CC2)c1. The molecule has 0 bridgehead atoms. The lowest BCUT2D eigenvalue weighted by atomic mass is 10.2. The van der Waals surface area contributed by atoms with E-state index < -0.39 is 21.7 Å². The highest BCUT2D eigenvalue weighted by Gasteiger charge is 2.29. The number of anilines is 2. The van der Waals surface area contributed by atoms with Crippen LogP contribution in [0, 0.1) is 11.6 Å². The Kier molecular flexibility index (Phi) is 6.64. The second-order valence-corrected chi connectivity index (χ2v) is 9.85. The van der Waals surface area contributed by atoms with Crippen molar-refractivity contribution >= 4 is 38.9 Å². The second-order valence-electron chi connectivity index (χ2n) is 7.47. The third-order valence-electron chi connectivity index (χ3n) is 5.34. The maximum Gasteiger partial charge on any atom is 0.255 e. The van der Waals surface area contributed by atoms with E-state index in [0.29, 0.717) is 13.1 Å². The summed E-state index contributed by atoms with van der Waals surface area (Å²) in [6, 6.07) is 15.4. The lowest BCUT2D eigenvalue weighted by Crippen LogP contribution is -2.48. The molecular weight excluding hydrogens is 472 g/mol. The maximum atomic E-state index is 13.9. The summed E-state index contributed by atoms with van der Waals surface area (Å²) in [5.41, 5.74) is 0.790. The number of hydrogen-bond donors (Lipinski definition) is 1. The van der Waals surface area contributed by atoms with Crippen LogP contribution in [0.4, 0.5) is 20.2 Å². The fraction of sp³-hybridized carbons (Fsp3) is 0.174. The summed E-state index contributed by atoms with van der Waals surface area (Å²) in [5.74, 6) is -1.65. The summed E-state index contributed by atoms with van der Waals surface area (Å²) in [6.07, 6.45) is 0. The van der Waals surface area contributed by atoms with Crippen molar-refractivity contribution in [1.82, 2.24) is 4.31 Å². The molecule has 0 atom stereocenters. The fourth-order valence-corrected chi connectivity index (χ4v) is 5.21. The van der Waals surface area contributed by atoms with Crippen molar-refractivity contribution in [2.75, 3.05) is 36.4 Å². The monoisotopic (exact) mass is 491 g/mol. The molecule has 1 fully saturated rings. The van der Waals surface area contributed by atoms with Crippen LogP contribution in [0.2, 0.25) is 5.02 Å². The quantitative estimate of drug-likeness (QED) is 0.575. The van der Waals surface area contributed by atoms with Crippen molar-refractivity contribution < 1.29 is 22.0 Å². The summed E-state index contributed by atoms with van der Waals surface area (Å²) < 4.78 is 54.7. The number of sulfonamides is 1. The Morgan fingerprint density at radius 1 is 0.909 bits per heavy atom. The van der Waals surface area contributed by atoms with E-state index in [0.717, 1.165) is 11.8 Å². The van der Waals surface area contributed by atoms with Gasteiger partial charge >= 0.3 is 0 Å². The van der Waals surface area contributed by atoms with E-state index in [9.17, 15) is 22.0 Å². The highest BCUT2D eigenvalue weighted by atomic mass is 35.5. The number of carbonyl (C=O) groups is 1. The summed E-state index contributed by atoms with van der Waals surface area (Å²) in [5, 5.41) is 2.67. The van der Waals surface area contributed by atoms with Gasteiger partial charge in [0.15, 0.2) is 0 Å². The molecule has 3 aromatic carbocycles. The van der Waals surface area contributed by atoms with Gasteiger partial charge in [0.1, 0.15) is 11.6 Å². The molecule has 1 aliphatic heterocycles. The zero-order valence-corrected chi connectivity index (χ0v) is 18.9. The Hall–Kier alpha value is -3.01. The molecule has 0 unspecified atom stereocenters. The summed E-state index contributed by atoms with van der Waals surface area (Å²) in [6.45, 7) is 1.37. The van der Waals surface area contributed by atoms with Gasteiger partial charge < -0.3 is 10.2 Å². The molecule has 172 valence electrons. The van der Waals surface area contributed by atoms with E-state index in [1.807, 2.05) is 4.90 Å². The van der Waals surface area contributed by atoms with Gasteiger partial charge in [0.05, 0.1) is 10.6 Å². The largest absolute Gasteiger partial charge is 0.369 e. The number of carbonyl (C=O) groups excluding carboxylic acids is 1.